The number of thiocarbonyl (C=S) groups is 1. The molecule has 1 aliphatic carbocycles. The Morgan fingerprint density at radius 2 is 1.98 bits per heavy atom. The van der Waals surface area contributed by atoms with Crippen LogP contribution in [0.5, 0.6) is 11.5 Å². The summed E-state index contributed by atoms with van der Waals surface area (Å²) in [6.45, 7) is 5.62. The number of esters is 1. The van der Waals surface area contributed by atoms with Crippen LogP contribution in [-0.4, -0.2) is 46.7 Å². The molecule has 2 atom stereocenters. The van der Waals surface area contributed by atoms with E-state index in [0.717, 1.165) is 19.3 Å². The summed E-state index contributed by atoms with van der Waals surface area (Å²) >= 11 is 5.24. The number of phenols is 1. The second-order valence-corrected chi connectivity index (χ2v) is 10.5. The Balaban J connectivity index is 1.94. The number of benzene rings is 1. The Labute approximate surface area is 245 Å². The lowest BCUT2D eigenvalue weighted by Crippen LogP contribution is -2.45. The van der Waals surface area contributed by atoms with E-state index in [-0.39, 0.29) is 40.4 Å². The molecule has 1 aliphatic rings. The van der Waals surface area contributed by atoms with E-state index in [9.17, 15) is 24.6 Å². The van der Waals surface area contributed by atoms with Gasteiger partial charge in [0.1, 0.15) is 16.9 Å². The number of ketones is 1. The molecule has 0 saturated carbocycles. The van der Waals surface area contributed by atoms with Crippen molar-refractivity contribution < 1.29 is 33.7 Å². The van der Waals surface area contributed by atoms with E-state index in [4.69, 9.17) is 26.1 Å². The number of phenolic OH excluding ortho intramolecular Hbond substituents is 1. The largest absolute Gasteiger partial charge is 0.507 e. The number of unbranched alkanes of at least 4 members (excludes halogenated alkanes) is 1. The molecule has 3 rings (SSSR count). The van der Waals surface area contributed by atoms with E-state index in [1.54, 1.807) is 36.4 Å². The van der Waals surface area contributed by atoms with E-state index in [1.165, 1.54) is 14.0 Å². The van der Waals surface area contributed by atoms with Crippen LogP contribution < -0.4 is 20.8 Å². The minimum atomic E-state index is -0.947. The van der Waals surface area contributed by atoms with Gasteiger partial charge >= 0.3 is 5.97 Å². The van der Waals surface area contributed by atoms with Crippen molar-refractivity contribution in [2.24, 2.45) is 0 Å². The van der Waals surface area contributed by atoms with Crippen molar-refractivity contribution >= 4 is 41.0 Å². The lowest BCUT2D eigenvalue weighted by molar-refractivity contribution is 0.0553. The highest BCUT2D eigenvalue weighted by Crippen LogP contribution is 2.33. The Morgan fingerprint density at radius 3 is 2.63 bits per heavy atom. The van der Waals surface area contributed by atoms with Gasteiger partial charge < -0.3 is 24.1 Å². The van der Waals surface area contributed by atoms with E-state index in [2.05, 4.69) is 0 Å². The summed E-state index contributed by atoms with van der Waals surface area (Å²) in [7, 11) is 1.20. The normalized spacial score (nSPS) is 14.1. The fourth-order valence-corrected chi connectivity index (χ4v) is 5.04. The number of aromatic hydroxyl groups is 1. The van der Waals surface area contributed by atoms with Gasteiger partial charge in [-0.2, -0.15) is 0 Å². The molecule has 0 fully saturated rings. The van der Waals surface area contributed by atoms with Crippen LogP contribution in [0.25, 0.3) is 12.2 Å². The van der Waals surface area contributed by atoms with Gasteiger partial charge in [0.25, 0.3) is 0 Å². The van der Waals surface area contributed by atoms with E-state index in [0.29, 0.717) is 47.1 Å². The first kappa shape index (κ1) is 32.0. The first-order chi connectivity index (χ1) is 19.6. The molecule has 1 aromatic heterocycles. The number of aliphatic hydroxyl groups is 1. The molecular formula is C32H38O8S. The van der Waals surface area contributed by atoms with Crippen LogP contribution in [0.2, 0.25) is 0 Å². The number of carbonyl (C=O) groups is 2. The lowest BCUT2D eigenvalue weighted by atomic mass is 9.88. The highest BCUT2D eigenvalue weighted by molar-refractivity contribution is 7.81. The van der Waals surface area contributed by atoms with Gasteiger partial charge in [-0.1, -0.05) is 63.6 Å². The van der Waals surface area contributed by atoms with Crippen molar-refractivity contribution in [2.45, 2.75) is 77.7 Å². The number of hydrogen-bond acceptors (Lipinski definition) is 9. The molecule has 1 heterocycles. The van der Waals surface area contributed by atoms with Gasteiger partial charge in [-0.25, -0.2) is 4.79 Å². The SMILES string of the molecule is CCCC[C@H](O)[C@H](/C=C\CCOc1ccc(C(C)=O)c(O)c1CCC)c1c(C(=O)OC)oc2c(c1=O)=CCC(=S)C=2. The summed E-state index contributed by atoms with van der Waals surface area (Å²) in [5, 5.41) is 22.1. The topological polar surface area (TPSA) is 123 Å². The highest BCUT2D eigenvalue weighted by Gasteiger charge is 2.30. The Morgan fingerprint density at radius 1 is 1.22 bits per heavy atom. The zero-order valence-corrected chi connectivity index (χ0v) is 24.8. The second-order valence-electron chi connectivity index (χ2n) is 10.0. The standard InChI is InChI=1S/C32H38O8S/c1-5-7-12-25(34)22(28-30(36)24-14-13-20(41)18-27(24)40-31(28)32(37)38-4)11-8-9-17-39-26-16-15-21(19(3)33)29(35)23(26)10-6-2/h8,11,14-16,18,22,25,34-35H,5-7,9-10,12-13,17H2,1-4H3/b11-8-/t22-,25-/m0/s1. The molecule has 220 valence electrons. The van der Waals surface area contributed by atoms with Gasteiger partial charge in [0.2, 0.25) is 5.76 Å². The smallest absolute Gasteiger partial charge is 0.374 e. The third kappa shape index (κ3) is 7.59. The van der Waals surface area contributed by atoms with Crippen LogP contribution in [0.3, 0.4) is 0 Å². The van der Waals surface area contributed by atoms with Crippen molar-refractivity contribution in [2.75, 3.05) is 13.7 Å². The van der Waals surface area contributed by atoms with Crippen molar-refractivity contribution in [3.8, 4) is 11.5 Å². The van der Waals surface area contributed by atoms with E-state index >= 15 is 0 Å². The Hall–Kier alpha value is -3.56. The average molecular weight is 583 g/mol. The number of rotatable bonds is 14. The van der Waals surface area contributed by atoms with Gasteiger partial charge in [0.05, 0.1) is 36.2 Å². The summed E-state index contributed by atoms with van der Waals surface area (Å²) in [5.41, 5.74) is 0.683. The van der Waals surface area contributed by atoms with Crippen LogP contribution >= 0.6 is 12.2 Å². The van der Waals surface area contributed by atoms with Gasteiger partial charge in [-0.3, -0.25) is 9.59 Å². The summed E-state index contributed by atoms with van der Waals surface area (Å²) in [6, 6.07) is 3.23. The van der Waals surface area contributed by atoms with E-state index in [1.807, 2.05) is 13.8 Å². The quantitative estimate of drug-likeness (QED) is 0.110. The summed E-state index contributed by atoms with van der Waals surface area (Å²) in [4.78, 5) is 38.8. The summed E-state index contributed by atoms with van der Waals surface area (Å²) < 4.78 is 16.7. The van der Waals surface area contributed by atoms with Crippen molar-refractivity contribution in [1.82, 2.24) is 0 Å². The highest BCUT2D eigenvalue weighted by atomic mass is 32.1. The zero-order valence-electron chi connectivity index (χ0n) is 24.0. The van der Waals surface area contributed by atoms with Gasteiger partial charge in [0.15, 0.2) is 11.2 Å². The Bertz CT molecular complexity index is 1500. The molecule has 41 heavy (non-hydrogen) atoms. The van der Waals surface area contributed by atoms with Crippen molar-refractivity contribution in [3.63, 3.8) is 0 Å². The number of hydrogen-bond donors (Lipinski definition) is 2. The fourth-order valence-electron chi connectivity index (χ4n) is 4.85. The molecule has 9 heteroatoms. The molecule has 0 saturated heterocycles. The molecule has 0 spiro atoms. The predicted octanol–water partition coefficient (Wildman–Crippen LogP) is 4.28. The third-order valence-corrected chi connectivity index (χ3v) is 7.27. The van der Waals surface area contributed by atoms with Gasteiger partial charge in [0, 0.05) is 22.8 Å². The minimum Gasteiger partial charge on any atom is -0.507 e. The maximum absolute atomic E-state index is 13.7. The van der Waals surface area contributed by atoms with E-state index < -0.39 is 23.4 Å². The number of methoxy groups -OCH3 is 1. The molecule has 0 amide bonds. The minimum absolute atomic E-state index is 0.0452. The first-order valence-electron chi connectivity index (χ1n) is 14.0. The number of fused-ring (bicyclic) bond motifs is 1. The Kier molecular flexibility index (Phi) is 11.6. The number of carbonyl (C=O) groups excluding carboxylic acids is 2. The lowest BCUT2D eigenvalue weighted by Gasteiger charge is -2.21. The molecule has 2 N–H and O–H groups in total. The number of Topliss-reactive ketones (excluding diaryl/α,β-unsaturated/α-hetero) is 1. The predicted molar refractivity (Wildman–Crippen MR) is 161 cm³/mol. The van der Waals surface area contributed by atoms with Crippen molar-refractivity contribution in [1.29, 1.82) is 0 Å². The fraction of sp³-hybridized carbons (Fsp3) is 0.438. The molecule has 0 unspecified atom stereocenters. The molecule has 8 nitrogen and oxygen atoms in total. The molecule has 0 radical (unpaired) electrons. The number of aliphatic hydroxyl groups excluding tert-OH is 1. The first-order valence-corrected chi connectivity index (χ1v) is 14.4. The van der Waals surface area contributed by atoms with Crippen LogP contribution in [0.4, 0.5) is 0 Å². The van der Waals surface area contributed by atoms with Crippen LogP contribution in [0.1, 0.15) is 97.3 Å². The molecule has 0 aliphatic heterocycles. The molecule has 1 aromatic carbocycles. The molecule has 0 bridgehead atoms. The van der Waals surface area contributed by atoms with Crippen LogP contribution in [0, 0.1) is 0 Å². The van der Waals surface area contributed by atoms with Gasteiger partial charge in [-0.05, 0) is 44.4 Å². The van der Waals surface area contributed by atoms with Crippen LogP contribution in [0.15, 0.2) is 33.5 Å². The maximum atomic E-state index is 13.7. The third-order valence-electron chi connectivity index (χ3n) is 6.99. The molecule has 2 aromatic rings. The monoisotopic (exact) mass is 582 g/mol. The van der Waals surface area contributed by atoms with Gasteiger partial charge in [-0.15, -0.1) is 0 Å². The van der Waals surface area contributed by atoms with Crippen molar-refractivity contribution in [3.05, 3.63) is 67.6 Å². The number of ether oxygens (including phenoxy) is 2. The zero-order chi connectivity index (χ0) is 30.1. The molecular weight excluding hydrogens is 544 g/mol. The summed E-state index contributed by atoms with van der Waals surface area (Å²) in [5.74, 6) is -1.68. The van der Waals surface area contributed by atoms with Crippen LogP contribution in [-0.2, 0) is 11.2 Å². The summed E-state index contributed by atoms with van der Waals surface area (Å²) in [6.07, 6.45) is 9.91. The maximum Gasteiger partial charge on any atom is 0.374 e. The average Bonchev–Trinajstić information content (AvgIpc) is 2.94. The second kappa shape index (κ2) is 14.9.